The number of aromatic amines is 1. The van der Waals surface area contributed by atoms with Crippen LogP contribution in [0.15, 0.2) is 41.7 Å². The number of likely N-dealkylation sites (N-methyl/N-ethyl adjacent to an activating group) is 1. The van der Waals surface area contributed by atoms with Gasteiger partial charge in [0.25, 0.3) is 5.91 Å². The summed E-state index contributed by atoms with van der Waals surface area (Å²) in [7, 11) is 2.14. The Morgan fingerprint density at radius 2 is 1.94 bits per heavy atom. The molecule has 4 heterocycles. The highest BCUT2D eigenvalue weighted by atomic mass is 32.2. The lowest BCUT2D eigenvalue weighted by molar-refractivity contribution is -0.113. The Bertz CT molecular complexity index is 998. The second-order valence-electron chi connectivity index (χ2n) is 8.83. The molecule has 3 aliphatic rings. The Labute approximate surface area is 197 Å². The van der Waals surface area contributed by atoms with E-state index in [0.717, 1.165) is 48.8 Å². The van der Waals surface area contributed by atoms with E-state index in [9.17, 15) is 9.18 Å². The monoisotopic (exact) mass is 471 g/mol. The van der Waals surface area contributed by atoms with Gasteiger partial charge >= 0.3 is 0 Å². The molecule has 5 rings (SSSR count). The van der Waals surface area contributed by atoms with Gasteiger partial charge in [-0.15, -0.1) is 11.8 Å². The zero-order valence-electron chi connectivity index (χ0n) is 18.8. The van der Waals surface area contributed by atoms with Crippen LogP contribution in [0.4, 0.5) is 21.5 Å². The molecule has 2 aromatic rings. The van der Waals surface area contributed by atoms with E-state index in [-0.39, 0.29) is 11.3 Å². The molecule has 1 amide bonds. The molecule has 33 heavy (non-hydrogen) atoms. The van der Waals surface area contributed by atoms with Crippen molar-refractivity contribution >= 4 is 34.7 Å². The lowest BCUT2D eigenvalue weighted by Gasteiger charge is -2.36. The van der Waals surface area contributed by atoms with Crippen LogP contribution < -0.4 is 20.4 Å². The van der Waals surface area contributed by atoms with Crippen LogP contribution in [0, 0.1) is 0 Å². The van der Waals surface area contributed by atoms with Gasteiger partial charge in [0.05, 0.1) is 17.6 Å². The summed E-state index contributed by atoms with van der Waals surface area (Å²) < 4.78 is 13.8. The molecular formula is C23H30FN7OS. The van der Waals surface area contributed by atoms with Gasteiger partial charge in [0.15, 0.2) is 0 Å². The summed E-state index contributed by atoms with van der Waals surface area (Å²) >= 11 is 1.54. The van der Waals surface area contributed by atoms with Crippen LogP contribution >= 0.6 is 11.8 Å². The first-order valence-electron chi connectivity index (χ1n) is 11.5. The molecule has 1 aromatic carbocycles. The molecule has 3 aliphatic heterocycles. The summed E-state index contributed by atoms with van der Waals surface area (Å²) in [5.74, 6) is -0.178. The van der Waals surface area contributed by atoms with Gasteiger partial charge in [0, 0.05) is 62.1 Å². The Morgan fingerprint density at radius 1 is 1.15 bits per heavy atom. The number of piperidine rings is 1. The smallest absolute Gasteiger partial charge is 0.272 e. The number of anilines is 3. The topological polar surface area (TPSA) is 79.5 Å². The van der Waals surface area contributed by atoms with Crippen molar-refractivity contribution in [3.8, 4) is 0 Å². The molecule has 3 N–H and O–H groups in total. The lowest BCUT2D eigenvalue weighted by atomic mass is 10.1. The van der Waals surface area contributed by atoms with Gasteiger partial charge < -0.3 is 25.3 Å². The number of alkyl halides is 1. The number of halogens is 1. The van der Waals surface area contributed by atoms with E-state index < -0.39 is 6.17 Å². The largest absolute Gasteiger partial charge is 0.370 e. The summed E-state index contributed by atoms with van der Waals surface area (Å²) in [6.45, 7) is 5.28. The predicted molar refractivity (Wildman–Crippen MR) is 131 cm³/mol. The number of thioether (sulfide) groups is 1. The van der Waals surface area contributed by atoms with E-state index in [1.165, 1.54) is 0 Å². The zero-order chi connectivity index (χ0) is 22.8. The molecule has 1 aromatic heterocycles. The average molecular weight is 472 g/mol. The molecule has 8 nitrogen and oxygen atoms in total. The van der Waals surface area contributed by atoms with Crippen LogP contribution in [0.5, 0.6) is 0 Å². The van der Waals surface area contributed by atoms with E-state index >= 15 is 0 Å². The average Bonchev–Trinajstić information content (AvgIpc) is 3.53. The van der Waals surface area contributed by atoms with Gasteiger partial charge in [-0.05, 0) is 38.1 Å². The number of amides is 1. The maximum absolute atomic E-state index is 13.8. The first-order chi connectivity index (χ1) is 16.1. The van der Waals surface area contributed by atoms with E-state index in [1.54, 1.807) is 18.0 Å². The summed E-state index contributed by atoms with van der Waals surface area (Å²) in [6, 6.07) is 6.21. The zero-order valence-corrected chi connectivity index (χ0v) is 19.6. The number of nitrogens with zero attached hydrogens (tertiary/aromatic N) is 4. The molecule has 0 saturated carbocycles. The number of aromatic nitrogens is 2. The van der Waals surface area contributed by atoms with Crippen LogP contribution in [-0.4, -0.2) is 73.5 Å². The molecule has 2 saturated heterocycles. The van der Waals surface area contributed by atoms with E-state index in [4.69, 9.17) is 0 Å². The van der Waals surface area contributed by atoms with Gasteiger partial charge in [-0.2, -0.15) is 5.10 Å². The highest BCUT2D eigenvalue weighted by Gasteiger charge is 2.26. The minimum atomic E-state index is -0.746. The number of rotatable bonds is 5. The predicted octanol–water partition coefficient (Wildman–Crippen LogP) is 2.91. The van der Waals surface area contributed by atoms with E-state index in [0.29, 0.717) is 31.6 Å². The Balaban J connectivity index is 1.34. The molecule has 176 valence electrons. The summed E-state index contributed by atoms with van der Waals surface area (Å²) in [5, 5.41) is 15.0. The number of hydrogen-bond donors (Lipinski definition) is 3. The van der Waals surface area contributed by atoms with Crippen LogP contribution in [0.1, 0.15) is 23.8 Å². The van der Waals surface area contributed by atoms with Crippen LogP contribution in [0.25, 0.3) is 0 Å². The van der Waals surface area contributed by atoms with Crippen molar-refractivity contribution in [3.63, 3.8) is 0 Å². The fourth-order valence-corrected chi connectivity index (χ4v) is 5.39. The third-order valence-corrected chi connectivity index (χ3v) is 7.57. The van der Waals surface area contributed by atoms with Crippen molar-refractivity contribution in [3.05, 3.63) is 47.3 Å². The summed E-state index contributed by atoms with van der Waals surface area (Å²) in [6.07, 6.45) is 3.86. The minimum Gasteiger partial charge on any atom is -0.370 e. The number of piperazine rings is 1. The highest BCUT2D eigenvalue weighted by Crippen LogP contribution is 2.36. The number of H-pyrrole nitrogens is 1. The minimum absolute atomic E-state index is 0.0350. The fourth-order valence-electron chi connectivity index (χ4n) is 4.46. The number of hydrogen-bond acceptors (Lipinski definition) is 7. The Hall–Kier alpha value is -2.72. The van der Waals surface area contributed by atoms with Gasteiger partial charge in [-0.1, -0.05) is 0 Å². The third kappa shape index (κ3) is 4.96. The summed E-state index contributed by atoms with van der Waals surface area (Å²) in [4.78, 5) is 20.0. The van der Waals surface area contributed by atoms with Crippen molar-refractivity contribution in [1.82, 2.24) is 20.4 Å². The van der Waals surface area contributed by atoms with Gasteiger partial charge in [-0.3, -0.25) is 9.89 Å². The van der Waals surface area contributed by atoms with Crippen LogP contribution in [0.2, 0.25) is 0 Å². The molecule has 10 heteroatoms. The van der Waals surface area contributed by atoms with Crippen molar-refractivity contribution in [2.24, 2.45) is 0 Å². The van der Waals surface area contributed by atoms with Gasteiger partial charge in [0.1, 0.15) is 17.2 Å². The van der Waals surface area contributed by atoms with Crippen LogP contribution in [0.3, 0.4) is 0 Å². The second-order valence-corrected chi connectivity index (χ2v) is 9.81. The van der Waals surface area contributed by atoms with Crippen molar-refractivity contribution in [2.75, 3.05) is 61.4 Å². The maximum atomic E-state index is 13.8. The third-order valence-electron chi connectivity index (χ3n) is 6.54. The highest BCUT2D eigenvalue weighted by molar-refractivity contribution is 8.02. The molecule has 1 unspecified atom stereocenters. The SMILES string of the molecule is CN1CCN(c2ccc(NC(=O)C3=CSC(c4cn[nH]c4)N3)c(N3CCC(F)CC3)c2)CC1. The van der Waals surface area contributed by atoms with Gasteiger partial charge in [0.2, 0.25) is 0 Å². The number of carbonyl (C=O) groups excluding carboxylic acids is 1. The Morgan fingerprint density at radius 3 is 2.67 bits per heavy atom. The second kappa shape index (κ2) is 9.64. The standard InChI is InChI=1S/C23H30FN7OS/c1-29-8-10-30(11-9-29)18-2-3-19(21(12-18)31-6-4-17(24)5-7-31)27-22(32)20-15-33-23(28-20)16-13-25-26-14-16/h2-3,12-15,17,23,28H,4-11H2,1H3,(H,25,26)(H,27,32). The summed E-state index contributed by atoms with van der Waals surface area (Å²) in [5.41, 5.74) is 4.39. The van der Waals surface area contributed by atoms with Crippen LogP contribution in [-0.2, 0) is 4.79 Å². The fraction of sp³-hybridized carbons (Fsp3) is 0.478. The Kier molecular flexibility index (Phi) is 6.45. The molecule has 2 fully saturated rings. The van der Waals surface area contributed by atoms with Crippen molar-refractivity contribution in [2.45, 2.75) is 24.4 Å². The lowest BCUT2D eigenvalue weighted by Crippen LogP contribution is -2.44. The molecule has 0 aliphatic carbocycles. The van der Waals surface area contributed by atoms with Gasteiger partial charge in [-0.25, -0.2) is 4.39 Å². The molecule has 0 bridgehead atoms. The van der Waals surface area contributed by atoms with E-state index in [1.807, 2.05) is 17.7 Å². The number of carbonyl (C=O) groups is 1. The number of nitrogens with one attached hydrogen (secondary N) is 3. The van der Waals surface area contributed by atoms with Crippen molar-refractivity contribution in [1.29, 1.82) is 0 Å². The van der Waals surface area contributed by atoms with E-state index in [2.05, 4.69) is 54.7 Å². The quantitative estimate of drug-likeness (QED) is 0.619. The molecule has 0 radical (unpaired) electrons. The number of benzene rings is 1. The molecule has 0 spiro atoms. The first kappa shape index (κ1) is 22.1. The molecule has 1 atom stereocenters. The first-order valence-corrected chi connectivity index (χ1v) is 12.4. The van der Waals surface area contributed by atoms with Crippen molar-refractivity contribution < 1.29 is 9.18 Å². The maximum Gasteiger partial charge on any atom is 0.272 e. The normalized spacial score (nSPS) is 22.2. The molecular weight excluding hydrogens is 441 g/mol.